The first-order chi connectivity index (χ1) is 17.0. The maximum Gasteiger partial charge on any atom is 0.412 e. The molecule has 0 unspecified atom stereocenters. The number of carboxylic acid groups (broad SMARTS) is 1. The molecule has 1 aliphatic carbocycles. The fourth-order valence-electron chi connectivity index (χ4n) is 3.94. The molecule has 0 saturated carbocycles. The topological polar surface area (TPSA) is 157 Å². The molecule has 0 saturated heterocycles. The zero-order chi connectivity index (χ0) is 24.4. The summed E-state index contributed by atoms with van der Waals surface area (Å²) in [6.07, 6.45) is 0.345. The van der Waals surface area contributed by atoms with E-state index in [0.717, 1.165) is 22.3 Å². The SMILES string of the molecule is O=C(Nc1nonc1C(=O)Nc1ccc(C(=O)O)nc1)OCC1c2ccccc2-c2ccccc21. The Morgan fingerprint density at radius 3 is 2.23 bits per heavy atom. The molecule has 3 N–H and O–H groups in total. The predicted molar refractivity (Wildman–Crippen MR) is 122 cm³/mol. The van der Waals surface area contributed by atoms with E-state index >= 15 is 0 Å². The largest absolute Gasteiger partial charge is 0.477 e. The van der Waals surface area contributed by atoms with Crippen molar-refractivity contribution in [1.29, 1.82) is 0 Å². The van der Waals surface area contributed by atoms with Crippen molar-refractivity contribution in [2.45, 2.75) is 5.92 Å². The number of amides is 2. The van der Waals surface area contributed by atoms with Gasteiger partial charge in [0.25, 0.3) is 5.91 Å². The van der Waals surface area contributed by atoms with Crippen LogP contribution in [0.3, 0.4) is 0 Å². The highest BCUT2D eigenvalue weighted by Gasteiger charge is 2.29. The van der Waals surface area contributed by atoms with Gasteiger partial charge >= 0.3 is 12.1 Å². The van der Waals surface area contributed by atoms with Gasteiger partial charge in [0.1, 0.15) is 12.3 Å². The molecule has 2 amide bonds. The Morgan fingerprint density at radius 1 is 0.914 bits per heavy atom. The van der Waals surface area contributed by atoms with Crippen LogP contribution in [0.1, 0.15) is 38.0 Å². The second-order valence-corrected chi connectivity index (χ2v) is 7.60. The Balaban J connectivity index is 1.24. The highest BCUT2D eigenvalue weighted by Crippen LogP contribution is 2.44. The minimum atomic E-state index is -1.20. The van der Waals surface area contributed by atoms with E-state index in [2.05, 4.69) is 30.6 Å². The quantitative estimate of drug-likeness (QED) is 0.381. The number of hydrogen-bond donors (Lipinski definition) is 3. The van der Waals surface area contributed by atoms with E-state index in [1.54, 1.807) is 0 Å². The number of carboxylic acids is 1. The molecule has 2 aromatic carbocycles. The van der Waals surface area contributed by atoms with Crippen molar-refractivity contribution < 1.29 is 28.9 Å². The number of rotatable bonds is 6. The maximum atomic E-state index is 12.5. The molecular weight excluding hydrogens is 454 g/mol. The third-order valence-corrected chi connectivity index (χ3v) is 5.51. The lowest BCUT2D eigenvalue weighted by Crippen LogP contribution is -2.21. The average Bonchev–Trinajstić information content (AvgIpc) is 3.45. The second-order valence-electron chi connectivity index (χ2n) is 7.60. The first kappa shape index (κ1) is 21.8. The summed E-state index contributed by atoms with van der Waals surface area (Å²) in [5, 5.41) is 20.8. The maximum absolute atomic E-state index is 12.5. The van der Waals surface area contributed by atoms with Crippen LogP contribution in [0.5, 0.6) is 0 Å². The van der Waals surface area contributed by atoms with Crippen LogP contribution in [0.4, 0.5) is 16.3 Å². The number of aromatic nitrogens is 3. The smallest absolute Gasteiger partial charge is 0.412 e. The van der Waals surface area contributed by atoms with Crippen molar-refractivity contribution in [1.82, 2.24) is 15.3 Å². The lowest BCUT2D eigenvalue weighted by atomic mass is 9.98. The van der Waals surface area contributed by atoms with E-state index in [9.17, 15) is 14.4 Å². The van der Waals surface area contributed by atoms with Crippen molar-refractivity contribution in [2.75, 3.05) is 17.2 Å². The predicted octanol–water partition coefficient (Wildman–Crippen LogP) is 3.78. The molecule has 0 atom stereocenters. The summed E-state index contributed by atoms with van der Waals surface area (Å²) in [6, 6.07) is 18.5. The number of benzene rings is 2. The van der Waals surface area contributed by atoms with Crippen molar-refractivity contribution in [2.24, 2.45) is 0 Å². The molecule has 174 valence electrons. The highest BCUT2D eigenvalue weighted by atomic mass is 16.6. The molecule has 0 aliphatic heterocycles. The molecule has 0 radical (unpaired) electrons. The molecule has 2 aromatic heterocycles. The van der Waals surface area contributed by atoms with Gasteiger partial charge < -0.3 is 15.2 Å². The van der Waals surface area contributed by atoms with Crippen LogP contribution in [0.25, 0.3) is 11.1 Å². The summed E-state index contributed by atoms with van der Waals surface area (Å²) in [5.41, 5.74) is 4.07. The Kier molecular flexibility index (Phi) is 5.63. The van der Waals surface area contributed by atoms with Crippen LogP contribution in [0.15, 0.2) is 71.5 Å². The van der Waals surface area contributed by atoms with E-state index < -0.39 is 18.0 Å². The van der Waals surface area contributed by atoms with Gasteiger partial charge in [0, 0.05) is 5.92 Å². The molecule has 35 heavy (non-hydrogen) atoms. The minimum absolute atomic E-state index is 0.0776. The van der Waals surface area contributed by atoms with Gasteiger partial charge in [0.15, 0.2) is 0 Å². The van der Waals surface area contributed by atoms with Crippen molar-refractivity contribution in [3.8, 4) is 11.1 Å². The van der Waals surface area contributed by atoms with E-state index in [4.69, 9.17) is 9.84 Å². The zero-order valence-electron chi connectivity index (χ0n) is 18.0. The van der Waals surface area contributed by atoms with E-state index in [0.29, 0.717) is 0 Å². The second kappa shape index (κ2) is 9.06. The fourth-order valence-corrected chi connectivity index (χ4v) is 3.94. The molecule has 11 nitrogen and oxygen atoms in total. The lowest BCUT2D eigenvalue weighted by Gasteiger charge is -2.14. The van der Waals surface area contributed by atoms with E-state index in [1.165, 1.54) is 18.3 Å². The lowest BCUT2D eigenvalue weighted by molar-refractivity contribution is 0.0690. The van der Waals surface area contributed by atoms with Gasteiger partial charge in [-0.05, 0) is 44.7 Å². The summed E-state index contributed by atoms with van der Waals surface area (Å²) in [4.78, 5) is 39.6. The Labute approximate surface area is 197 Å². The summed E-state index contributed by atoms with van der Waals surface area (Å²) >= 11 is 0. The number of aromatic carboxylic acids is 1. The molecule has 11 heteroatoms. The number of carbonyl (C=O) groups excluding carboxylic acids is 2. The monoisotopic (exact) mass is 471 g/mol. The molecule has 0 spiro atoms. The molecule has 4 aromatic rings. The number of nitrogens with one attached hydrogen (secondary N) is 2. The molecule has 1 aliphatic rings. The summed E-state index contributed by atoms with van der Waals surface area (Å²) in [6.45, 7) is 0.0776. The highest BCUT2D eigenvalue weighted by molar-refractivity contribution is 6.07. The molecular formula is C24H17N5O6. The number of nitrogens with zero attached hydrogens (tertiary/aromatic N) is 3. The van der Waals surface area contributed by atoms with Crippen molar-refractivity contribution in [3.05, 3.63) is 89.4 Å². The van der Waals surface area contributed by atoms with Crippen LogP contribution in [-0.2, 0) is 4.74 Å². The molecule has 0 fully saturated rings. The summed E-state index contributed by atoms with van der Waals surface area (Å²) < 4.78 is 10.0. The zero-order valence-corrected chi connectivity index (χ0v) is 18.0. The fraction of sp³-hybridized carbons (Fsp3) is 0.0833. The van der Waals surface area contributed by atoms with Crippen LogP contribution >= 0.6 is 0 Å². The van der Waals surface area contributed by atoms with Gasteiger partial charge in [0.05, 0.1) is 11.9 Å². The molecule has 5 rings (SSSR count). The number of carbonyl (C=O) groups is 3. The first-order valence-electron chi connectivity index (χ1n) is 10.5. The Morgan fingerprint density at radius 2 is 1.60 bits per heavy atom. The Hall–Kier alpha value is -5.06. The average molecular weight is 471 g/mol. The van der Waals surface area contributed by atoms with Gasteiger partial charge in [-0.25, -0.2) is 19.2 Å². The van der Waals surface area contributed by atoms with Crippen LogP contribution in [0.2, 0.25) is 0 Å². The third kappa shape index (κ3) is 4.29. The van der Waals surface area contributed by atoms with Crippen LogP contribution in [-0.4, -0.2) is 45.0 Å². The molecule has 0 bridgehead atoms. The van der Waals surface area contributed by atoms with E-state index in [1.807, 2.05) is 48.5 Å². The minimum Gasteiger partial charge on any atom is -0.477 e. The number of pyridine rings is 1. The first-order valence-corrected chi connectivity index (χ1v) is 10.5. The van der Waals surface area contributed by atoms with Crippen molar-refractivity contribution >= 4 is 29.5 Å². The van der Waals surface area contributed by atoms with Crippen LogP contribution < -0.4 is 10.6 Å². The molecule has 2 heterocycles. The van der Waals surface area contributed by atoms with Crippen molar-refractivity contribution in [3.63, 3.8) is 0 Å². The summed E-state index contributed by atoms with van der Waals surface area (Å²) in [7, 11) is 0. The van der Waals surface area contributed by atoms with Crippen LogP contribution in [0, 0.1) is 0 Å². The number of ether oxygens (including phenoxy) is 1. The van der Waals surface area contributed by atoms with Gasteiger partial charge in [-0.3, -0.25) is 10.1 Å². The number of fused-ring (bicyclic) bond motifs is 3. The standard InChI is InChI=1S/C24H17N5O6/c30-22(26-13-9-10-19(23(31)32)25-11-13)20-21(29-35-28-20)27-24(33)34-12-18-16-7-3-1-5-14(16)15-6-2-4-8-17(15)18/h1-11,18H,12H2,(H,26,30)(H,31,32)(H,27,29,33). The van der Waals surface area contributed by atoms with Gasteiger partial charge in [-0.1, -0.05) is 48.5 Å². The third-order valence-electron chi connectivity index (χ3n) is 5.51. The number of anilines is 2. The van der Waals surface area contributed by atoms with Gasteiger partial charge in [0.2, 0.25) is 11.5 Å². The van der Waals surface area contributed by atoms with Gasteiger partial charge in [-0.2, -0.15) is 0 Å². The van der Waals surface area contributed by atoms with Gasteiger partial charge in [-0.15, -0.1) is 0 Å². The number of hydrogen-bond acceptors (Lipinski definition) is 8. The Bertz CT molecular complexity index is 1390. The van der Waals surface area contributed by atoms with E-state index in [-0.39, 0.29) is 35.4 Å². The normalized spacial score (nSPS) is 11.9. The summed E-state index contributed by atoms with van der Waals surface area (Å²) in [5.74, 6) is -2.30.